The van der Waals surface area contributed by atoms with E-state index in [9.17, 15) is 5.11 Å². The lowest BCUT2D eigenvalue weighted by molar-refractivity contribution is -0.0389. The Bertz CT molecular complexity index is 302. The van der Waals surface area contributed by atoms with Crippen molar-refractivity contribution in [2.24, 2.45) is 0 Å². The van der Waals surface area contributed by atoms with Crippen LogP contribution in [0.5, 0.6) is 0 Å². The van der Waals surface area contributed by atoms with Crippen LogP contribution in [0.15, 0.2) is 6.20 Å². The van der Waals surface area contributed by atoms with Crippen molar-refractivity contribution in [2.75, 3.05) is 0 Å². The minimum Gasteiger partial charge on any atom is -0.383 e. The summed E-state index contributed by atoms with van der Waals surface area (Å²) in [6.45, 7) is 4.31. The van der Waals surface area contributed by atoms with Gasteiger partial charge in [-0.3, -0.25) is 0 Å². The molecule has 0 aliphatic heterocycles. The van der Waals surface area contributed by atoms with E-state index in [-0.39, 0.29) is 0 Å². The zero-order chi connectivity index (χ0) is 9.47. The van der Waals surface area contributed by atoms with E-state index in [1.165, 1.54) is 4.88 Å². The maximum absolute atomic E-state index is 10.0. The van der Waals surface area contributed by atoms with E-state index >= 15 is 0 Å². The van der Waals surface area contributed by atoms with E-state index in [0.29, 0.717) is 5.92 Å². The number of hydrogen-bond donors (Lipinski definition) is 1. The lowest BCUT2D eigenvalue weighted by Crippen LogP contribution is -2.33. The quantitative estimate of drug-likeness (QED) is 0.790. The second-order valence-corrected chi connectivity index (χ2v) is 5.17. The summed E-state index contributed by atoms with van der Waals surface area (Å²) < 4.78 is 0. The summed E-state index contributed by atoms with van der Waals surface area (Å²) in [5.41, 5.74) is -0.572. The van der Waals surface area contributed by atoms with Crippen molar-refractivity contribution in [3.63, 3.8) is 0 Å². The standard InChI is InChI=1S/C10H15NOS/c1-7(2)8-6-11-9(13-8)10(12)4-3-5-10/h6-7,12H,3-5H2,1-2H3. The maximum atomic E-state index is 10.0. The van der Waals surface area contributed by atoms with Gasteiger partial charge in [-0.05, 0) is 25.2 Å². The molecule has 1 fully saturated rings. The van der Waals surface area contributed by atoms with Crippen molar-refractivity contribution in [1.29, 1.82) is 0 Å². The van der Waals surface area contributed by atoms with Crippen LogP contribution in [0.1, 0.15) is 48.9 Å². The number of hydrogen-bond acceptors (Lipinski definition) is 3. The molecule has 0 atom stereocenters. The van der Waals surface area contributed by atoms with E-state index in [0.717, 1.165) is 24.3 Å². The molecule has 0 unspecified atom stereocenters. The van der Waals surface area contributed by atoms with Gasteiger partial charge in [-0.1, -0.05) is 13.8 Å². The lowest BCUT2D eigenvalue weighted by Gasteiger charge is -2.34. The number of aliphatic hydroxyl groups is 1. The first-order valence-electron chi connectivity index (χ1n) is 4.80. The van der Waals surface area contributed by atoms with E-state index in [1.54, 1.807) is 11.3 Å². The number of thiazole rings is 1. The van der Waals surface area contributed by atoms with Gasteiger partial charge in [0.25, 0.3) is 0 Å². The summed E-state index contributed by atoms with van der Waals surface area (Å²) in [4.78, 5) is 5.57. The highest BCUT2D eigenvalue weighted by Gasteiger charge is 2.39. The molecule has 0 amide bonds. The first-order chi connectivity index (χ1) is 6.12. The third-order valence-corrected chi connectivity index (χ3v) is 4.16. The van der Waals surface area contributed by atoms with Crippen LogP contribution in [0.3, 0.4) is 0 Å². The first-order valence-corrected chi connectivity index (χ1v) is 5.62. The molecule has 2 nitrogen and oxygen atoms in total. The van der Waals surface area contributed by atoms with Crippen LogP contribution < -0.4 is 0 Å². The van der Waals surface area contributed by atoms with Gasteiger partial charge >= 0.3 is 0 Å². The van der Waals surface area contributed by atoms with Gasteiger partial charge in [0.2, 0.25) is 0 Å². The topological polar surface area (TPSA) is 33.1 Å². The predicted molar refractivity (Wildman–Crippen MR) is 54.0 cm³/mol. The highest BCUT2D eigenvalue weighted by atomic mass is 32.1. The van der Waals surface area contributed by atoms with Gasteiger partial charge in [-0.2, -0.15) is 0 Å². The normalized spacial score (nSPS) is 20.3. The Morgan fingerprint density at radius 1 is 1.54 bits per heavy atom. The third-order valence-electron chi connectivity index (χ3n) is 2.67. The van der Waals surface area contributed by atoms with Crippen molar-refractivity contribution < 1.29 is 5.11 Å². The van der Waals surface area contributed by atoms with Gasteiger partial charge in [-0.15, -0.1) is 11.3 Å². The Hall–Kier alpha value is -0.410. The van der Waals surface area contributed by atoms with Crippen LogP contribution in [0.4, 0.5) is 0 Å². The number of rotatable bonds is 2. The summed E-state index contributed by atoms with van der Waals surface area (Å²) in [6, 6.07) is 0. The molecule has 1 saturated carbocycles. The predicted octanol–water partition coefficient (Wildman–Crippen LogP) is 2.64. The molecular formula is C10H15NOS. The molecule has 2 rings (SSSR count). The Labute approximate surface area is 82.6 Å². The van der Waals surface area contributed by atoms with Crippen molar-refractivity contribution >= 4 is 11.3 Å². The second-order valence-electron chi connectivity index (χ2n) is 4.11. The Balaban J connectivity index is 2.22. The molecule has 1 aliphatic rings. The molecule has 0 spiro atoms. The first kappa shape index (κ1) is 9.16. The highest BCUT2D eigenvalue weighted by molar-refractivity contribution is 7.11. The van der Waals surface area contributed by atoms with Crippen molar-refractivity contribution in [3.05, 3.63) is 16.1 Å². The molecule has 0 aromatic carbocycles. The molecule has 1 aromatic heterocycles. The van der Waals surface area contributed by atoms with Crippen molar-refractivity contribution in [3.8, 4) is 0 Å². The van der Waals surface area contributed by atoms with Gasteiger partial charge < -0.3 is 5.11 Å². The van der Waals surface area contributed by atoms with Gasteiger partial charge in [-0.25, -0.2) is 4.98 Å². The molecule has 1 aromatic rings. The summed E-state index contributed by atoms with van der Waals surface area (Å²) in [7, 11) is 0. The average molecular weight is 197 g/mol. The van der Waals surface area contributed by atoms with Gasteiger partial charge in [0.05, 0.1) is 0 Å². The molecule has 0 radical (unpaired) electrons. The summed E-state index contributed by atoms with van der Waals surface area (Å²) in [6.07, 6.45) is 4.81. The maximum Gasteiger partial charge on any atom is 0.125 e. The zero-order valence-corrected chi connectivity index (χ0v) is 8.90. The monoisotopic (exact) mass is 197 g/mol. The molecule has 72 valence electrons. The third kappa shape index (κ3) is 1.51. The molecule has 1 N–H and O–H groups in total. The smallest absolute Gasteiger partial charge is 0.125 e. The van der Waals surface area contributed by atoms with Crippen LogP contribution in [0.2, 0.25) is 0 Å². The SMILES string of the molecule is CC(C)c1cnc(C2(O)CCC2)s1. The van der Waals surface area contributed by atoms with E-state index in [4.69, 9.17) is 0 Å². The summed E-state index contributed by atoms with van der Waals surface area (Å²) >= 11 is 1.66. The second kappa shape index (κ2) is 3.07. The van der Waals surface area contributed by atoms with Crippen LogP contribution in [0.25, 0.3) is 0 Å². The van der Waals surface area contributed by atoms with E-state index < -0.39 is 5.60 Å². The fourth-order valence-corrected chi connectivity index (χ4v) is 2.56. The van der Waals surface area contributed by atoms with Gasteiger partial charge in [0.15, 0.2) is 0 Å². The fraction of sp³-hybridized carbons (Fsp3) is 0.700. The molecule has 0 bridgehead atoms. The van der Waals surface area contributed by atoms with Crippen LogP contribution in [0, 0.1) is 0 Å². The molecular weight excluding hydrogens is 182 g/mol. The highest BCUT2D eigenvalue weighted by Crippen LogP contribution is 2.43. The lowest BCUT2D eigenvalue weighted by atomic mass is 9.81. The Morgan fingerprint density at radius 2 is 2.23 bits per heavy atom. The van der Waals surface area contributed by atoms with Gasteiger partial charge in [0.1, 0.15) is 10.6 Å². The minimum atomic E-state index is -0.572. The Kier molecular flexibility index (Phi) is 2.16. The summed E-state index contributed by atoms with van der Waals surface area (Å²) in [5.74, 6) is 0.523. The van der Waals surface area contributed by atoms with E-state index in [1.807, 2.05) is 6.20 Å². The van der Waals surface area contributed by atoms with Crippen molar-refractivity contribution in [2.45, 2.75) is 44.6 Å². The van der Waals surface area contributed by atoms with Crippen molar-refractivity contribution in [1.82, 2.24) is 4.98 Å². The van der Waals surface area contributed by atoms with Gasteiger partial charge in [0, 0.05) is 11.1 Å². The summed E-state index contributed by atoms with van der Waals surface area (Å²) in [5, 5.41) is 10.9. The molecule has 1 heterocycles. The number of nitrogens with zero attached hydrogens (tertiary/aromatic N) is 1. The zero-order valence-electron chi connectivity index (χ0n) is 8.08. The van der Waals surface area contributed by atoms with Crippen LogP contribution >= 0.6 is 11.3 Å². The van der Waals surface area contributed by atoms with Crippen LogP contribution in [-0.4, -0.2) is 10.1 Å². The van der Waals surface area contributed by atoms with E-state index in [2.05, 4.69) is 18.8 Å². The number of aromatic nitrogens is 1. The fourth-order valence-electron chi connectivity index (χ4n) is 1.49. The molecule has 0 saturated heterocycles. The average Bonchev–Trinajstić information content (AvgIpc) is 2.48. The molecule has 3 heteroatoms. The largest absolute Gasteiger partial charge is 0.383 e. The molecule has 1 aliphatic carbocycles. The Morgan fingerprint density at radius 3 is 2.62 bits per heavy atom. The molecule has 13 heavy (non-hydrogen) atoms. The van der Waals surface area contributed by atoms with Crippen LogP contribution in [-0.2, 0) is 5.60 Å². The minimum absolute atomic E-state index is 0.523.